The molecule has 0 aromatic heterocycles. The number of hydrogen-bond acceptors (Lipinski definition) is 3. The number of carbonyl (C=O) groups excluding carboxylic acids is 1. The van der Waals surface area contributed by atoms with Gasteiger partial charge in [-0.1, -0.05) is 0 Å². The SMILES string of the molecule is O=C(O)N1C(=O)C2(CCNCC2)C[C@H]1C(F)(F)F. The lowest BCUT2D eigenvalue weighted by atomic mass is 9.76. The molecular formula is C10H13F3N2O3. The molecule has 0 aromatic carbocycles. The van der Waals surface area contributed by atoms with Gasteiger partial charge in [-0.05, 0) is 32.4 Å². The zero-order valence-electron chi connectivity index (χ0n) is 9.46. The average Bonchev–Trinajstić information content (AvgIpc) is 2.54. The highest BCUT2D eigenvalue weighted by molar-refractivity contribution is 5.97. The molecule has 2 aliphatic heterocycles. The van der Waals surface area contributed by atoms with Crippen molar-refractivity contribution in [1.82, 2.24) is 10.2 Å². The maximum Gasteiger partial charge on any atom is 0.414 e. The molecule has 1 atom stereocenters. The van der Waals surface area contributed by atoms with Crippen molar-refractivity contribution in [3.8, 4) is 0 Å². The number of imide groups is 1. The highest BCUT2D eigenvalue weighted by Crippen LogP contribution is 2.47. The maximum absolute atomic E-state index is 12.8. The third-order valence-electron chi connectivity index (χ3n) is 3.71. The number of amides is 2. The van der Waals surface area contributed by atoms with E-state index in [1.54, 1.807) is 0 Å². The number of hydrogen-bond donors (Lipinski definition) is 2. The minimum absolute atomic E-state index is 0.0364. The molecule has 0 aromatic rings. The Balaban J connectivity index is 2.33. The van der Waals surface area contributed by atoms with E-state index in [9.17, 15) is 22.8 Å². The van der Waals surface area contributed by atoms with Gasteiger partial charge in [-0.3, -0.25) is 4.79 Å². The quantitative estimate of drug-likeness (QED) is 0.691. The Labute approximate surface area is 101 Å². The molecule has 2 fully saturated rings. The molecule has 1 spiro atoms. The highest BCUT2D eigenvalue weighted by Gasteiger charge is 2.61. The fraction of sp³-hybridized carbons (Fsp3) is 0.800. The van der Waals surface area contributed by atoms with Crippen LogP contribution in [0.1, 0.15) is 19.3 Å². The summed E-state index contributed by atoms with van der Waals surface area (Å²) in [6, 6.07) is -2.21. The van der Waals surface area contributed by atoms with Crippen molar-refractivity contribution in [2.45, 2.75) is 31.5 Å². The van der Waals surface area contributed by atoms with E-state index in [-0.39, 0.29) is 17.7 Å². The lowest BCUT2D eigenvalue weighted by molar-refractivity contribution is -0.175. The molecule has 0 aliphatic carbocycles. The molecule has 2 heterocycles. The Bertz CT molecular complexity index is 377. The van der Waals surface area contributed by atoms with Gasteiger partial charge in [0.2, 0.25) is 5.91 Å². The second-order valence-electron chi connectivity index (χ2n) is 4.75. The summed E-state index contributed by atoms with van der Waals surface area (Å²) >= 11 is 0. The first-order valence-electron chi connectivity index (χ1n) is 5.62. The molecule has 2 rings (SSSR count). The van der Waals surface area contributed by atoms with Crippen molar-refractivity contribution in [2.24, 2.45) is 5.41 Å². The molecule has 2 N–H and O–H groups in total. The molecule has 5 nitrogen and oxygen atoms in total. The van der Waals surface area contributed by atoms with Gasteiger partial charge in [-0.15, -0.1) is 0 Å². The van der Waals surface area contributed by atoms with Gasteiger partial charge in [0, 0.05) is 0 Å². The summed E-state index contributed by atoms with van der Waals surface area (Å²) in [7, 11) is 0. The Morgan fingerprint density at radius 3 is 2.33 bits per heavy atom. The second kappa shape index (κ2) is 4.11. The summed E-state index contributed by atoms with van der Waals surface area (Å²) in [5.41, 5.74) is -1.16. The van der Waals surface area contributed by atoms with Gasteiger partial charge in [-0.2, -0.15) is 13.2 Å². The van der Waals surface area contributed by atoms with Crippen LogP contribution in [0.5, 0.6) is 0 Å². The van der Waals surface area contributed by atoms with Crippen LogP contribution in [0.25, 0.3) is 0 Å². The van der Waals surface area contributed by atoms with E-state index in [1.807, 2.05) is 0 Å². The van der Waals surface area contributed by atoms with Crippen LogP contribution in [0.3, 0.4) is 0 Å². The van der Waals surface area contributed by atoms with Crippen molar-refractivity contribution < 1.29 is 27.9 Å². The summed E-state index contributed by atoms with van der Waals surface area (Å²) < 4.78 is 38.4. The Morgan fingerprint density at radius 2 is 1.94 bits per heavy atom. The van der Waals surface area contributed by atoms with Gasteiger partial charge < -0.3 is 10.4 Å². The number of rotatable bonds is 0. The summed E-state index contributed by atoms with van der Waals surface area (Å²) in [4.78, 5) is 22.8. The third-order valence-corrected chi connectivity index (χ3v) is 3.71. The second-order valence-corrected chi connectivity index (χ2v) is 4.75. The van der Waals surface area contributed by atoms with Crippen LogP contribution in [0, 0.1) is 5.41 Å². The van der Waals surface area contributed by atoms with Crippen molar-refractivity contribution >= 4 is 12.0 Å². The summed E-state index contributed by atoms with van der Waals surface area (Å²) in [5, 5.41) is 11.8. The Kier molecular flexibility index (Phi) is 3.00. The number of carbonyl (C=O) groups is 2. The van der Waals surface area contributed by atoms with Gasteiger partial charge in [0.25, 0.3) is 0 Å². The van der Waals surface area contributed by atoms with Crippen LogP contribution < -0.4 is 5.32 Å². The van der Waals surface area contributed by atoms with E-state index in [0.29, 0.717) is 13.1 Å². The summed E-state index contributed by atoms with van der Waals surface area (Å²) in [6.45, 7) is 0.869. The summed E-state index contributed by atoms with van der Waals surface area (Å²) in [6.07, 6.45) is -6.48. The molecule has 8 heteroatoms. The van der Waals surface area contributed by atoms with Gasteiger partial charge in [0.1, 0.15) is 6.04 Å². The zero-order chi connectivity index (χ0) is 13.6. The topological polar surface area (TPSA) is 69.6 Å². The highest BCUT2D eigenvalue weighted by atomic mass is 19.4. The minimum atomic E-state index is -4.71. The predicted octanol–water partition coefficient (Wildman–Crippen LogP) is 1.20. The normalized spacial score (nSPS) is 27.8. The fourth-order valence-electron chi connectivity index (χ4n) is 2.75. The molecule has 0 saturated carbocycles. The first-order chi connectivity index (χ1) is 8.28. The number of alkyl halides is 3. The monoisotopic (exact) mass is 266 g/mol. The maximum atomic E-state index is 12.8. The number of likely N-dealkylation sites (tertiary alicyclic amines) is 1. The van der Waals surface area contributed by atoms with E-state index in [4.69, 9.17) is 5.11 Å². The number of carboxylic acid groups (broad SMARTS) is 1. The molecule has 2 amide bonds. The molecule has 2 saturated heterocycles. The Hall–Kier alpha value is -1.31. The van der Waals surface area contributed by atoms with Crippen LogP contribution in [0.2, 0.25) is 0 Å². The number of halogens is 3. The number of nitrogens with one attached hydrogen (secondary N) is 1. The van der Waals surface area contributed by atoms with Crippen molar-refractivity contribution in [2.75, 3.05) is 13.1 Å². The largest absolute Gasteiger partial charge is 0.465 e. The number of piperidine rings is 1. The minimum Gasteiger partial charge on any atom is -0.465 e. The molecule has 102 valence electrons. The van der Waals surface area contributed by atoms with Crippen molar-refractivity contribution in [3.63, 3.8) is 0 Å². The Morgan fingerprint density at radius 1 is 1.39 bits per heavy atom. The van der Waals surface area contributed by atoms with Gasteiger partial charge >= 0.3 is 12.3 Å². The lowest BCUT2D eigenvalue weighted by Crippen LogP contribution is -2.47. The zero-order valence-corrected chi connectivity index (χ0v) is 9.46. The smallest absolute Gasteiger partial charge is 0.414 e. The van der Waals surface area contributed by atoms with Crippen molar-refractivity contribution in [3.05, 3.63) is 0 Å². The van der Waals surface area contributed by atoms with Crippen molar-refractivity contribution in [1.29, 1.82) is 0 Å². The van der Waals surface area contributed by atoms with E-state index in [2.05, 4.69) is 5.32 Å². The van der Waals surface area contributed by atoms with Crippen LogP contribution in [-0.4, -0.2) is 47.3 Å². The molecule has 0 radical (unpaired) electrons. The lowest BCUT2D eigenvalue weighted by Gasteiger charge is -2.31. The van der Waals surface area contributed by atoms with Crippen LogP contribution in [0.15, 0.2) is 0 Å². The third kappa shape index (κ3) is 1.94. The van der Waals surface area contributed by atoms with E-state index >= 15 is 0 Å². The fourth-order valence-corrected chi connectivity index (χ4v) is 2.75. The summed E-state index contributed by atoms with van der Waals surface area (Å²) in [5.74, 6) is -0.904. The molecule has 0 unspecified atom stereocenters. The van der Waals surface area contributed by atoms with E-state index in [0.717, 1.165) is 0 Å². The standard InChI is InChI=1S/C10H13F3N2O3/c11-10(12,13)6-5-9(1-3-14-4-2-9)7(16)15(6)8(17)18/h6,14H,1-5H2,(H,17,18)/t6-/m0/s1. The molecular weight excluding hydrogens is 253 g/mol. The molecule has 18 heavy (non-hydrogen) atoms. The van der Waals surface area contributed by atoms with Crippen LogP contribution in [-0.2, 0) is 4.79 Å². The first kappa shape index (κ1) is 13.1. The predicted molar refractivity (Wildman–Crippen MR) is 53.9 cm³/mol. The van der Waals surface area contributed by atoms with Gasteiger partial charge in [-0.25, -0.2) is 9.69 Å². The van der Waals surface area contributed by atoms with Crippen LogP contribution in [0.4, 0.5) is 18.0 Å². The van der Waals surface area contributed by atoms with Crippen LogP contribution >= 0.6 is 0 Å². The van der Waals surface area contributed by atoms with E-state index < -0.39 is 36.1 Å². The molecule has 2 aliphatic rings. The first-order valence-corrected chi connectivity index (χ1v) is 5.62. The van der Waals surface area contributed by atoms with Gasteiger partial charge in [0.05, 0.1) is 5.41 Å². The molecule has 0 bridgehead atoms. The van der Waals surface area contributed by atoms with Gasteiger partial charge in [0.15, 0.2) is 0 Å². The number of nitrogens with zero attached hydrogens (tertiary/aromatic N) is 1. The van der Waals surface area contributed by atoms with E-state index in [1.165, 1.54) is 0 Å². The average molecular weight is 266 g/mol.